The Morgan fingerprint density at radius 3 is 2.33 bits per heavy atom. The van der Waals surface area contributed by atoms with Crippen molar-refractivity contribution in [3.8, 4) is 5.75 Å². The molecule has 0 radical (unpaired) electrons. The summed E-state index contributed by atoms with van der Waals surface area (Å²) in [4.78, 5) is 11.4. The first-order valence-electron chi connectivity index (χ1n) is 6.77. The Morgan fingerprint density at radius 1 is 1.19 bits per heavy atom. The maximum absolute atomic E-state index is 11.4. The van der Waals surface area contributed by atoms with Crippen molar-refractivity contribution in [1.82, 2.24) is 0 Å². The van der Waals surface area contributed by atoms with Crippen LogP contribution in [0.5, 0.6) is 5.75 Å². The van der Waals surface area contributed by atoms with E-state index in [-0.39, 0.29) is 4.83 Å². The van der Waals surface area contributed by atoms with Gasteiger partial charge in [0.1, 0.15) is 17.8 Å². The molecule has 3 nitrogen and oxygen atoms in total. The highest BCUT2D eigenvalue weighted by molar-refractivity contribution is 9.09. The van der Waals surface area contributed by atoms with Gasteiger partial charge in [0.15, 0.2) is 0 Å². The van der Waals surface area contributed by atoms with Crippen LogP contribution in [0.25, 0.3) is 0 Å². The average Bonchev–Trinajstić information content (AvgIpc) is 3.20. The van der Waals surface area contributed by atoms with Crippen LogP contribution in [0.1, 0.15) is 17.5 Å². The molecule has 0 bridgehead atoms. The molecule has 2 aromatic rings. The first-order chi connectivity index (χ1) is 10.1. The Hall–Kier alpha value is -1.81. The van der Waals surface area contributed by atoms with E-state index < -0.39 is 11.4 Å². The summed E-state index contributed by atoms with van der Waals surface area (Å²) in [5, 5.41) is 9.39. The van der Waals surface area contributed by atoms with Gasteiger partial charge in [0.25, 0.3) is 0 Å². The minimum atomic E-state index is -0.776. The van der Waals surface area contributed by atoms with E-state index in [9.17, 15) is 9.90 Å². The molecule has 2 aromatic carbocycles. The van der Waals surface area contributed by atoms with Crippen LogP contribution in [-0.4, -0.2) is 15.9 Å². The number of hydrogen-bond acceptors (Lipinski definition) is 2. The summed E-state index contributed by atoms with van der Waals surface area (Å²) in [7, 11) is 0. The van der Waals surface area contributed by atoms with Crippen molar-refractivity contribution >= 4 is 21.9 Å². The number of ether oxygens (including phenoxy) is 1. The van der Waals surface area contributed by atoms with Gasteiger partial charge in [0.2, 0.25) is 0 Å². The maximum Gasteiger partial charge on any atom is 0.315 e. The zero-order chi connectivity index (χ0) is 14.9. The molecule has 4 heteroatoms. The molecule has 21 heavy (non-hydrogen) atoms. The third kappa shape index (κ3) is 2.68. The third-order valence-corrected chi connectivity index (χ3v) is 4.98. The number of hydrogen-bond donors (Lipinski definition) is 1. The molecular formula is C17H15BrO3. The molecule has 108 valence electrons. The highest BCUT2D eigenvalue weighted by Crippen LogP contribution is 2.53. The van der Waals surface area contributed by atoms with Gasteiger partial charge >= 0.3 is 5.97 Å². The number of alkyl halides is 1. The van der Waals surface area contributed by atoms with E-state index in [0.29, 0.717) is 13.0 Å². The van der Waals surface area contributed by atoms with E-state index in [0.717, 1.165) is 16.9 Å². The minimum absolute atomic E-state index is 0.0126. The molecule has 0 aromatic heterocycles. The summed E-state index contributed by atoms with van der Waals surface area (Å²) in [5.41, 5.74) is 1.16. The fraction of sp³-hybridized carbons (Fsp3) is 0.235. The van der Waals surface area contributed by atoms with E-state index in [1.165, 1.54) is 0 Å². The van der Waals surface area contributed by atoms with Crippen LogP contribution in [0, 0.1) is 0 Å². The highest BCUT2D eigenvalue weighted by Gasteiger charge is 2.60. The minimum Gasteiger partial charge on any atom is -0.489 e. The van der Waals surface area contributed by atoms with Crippen LogP contribution in [0.15, 0.2) is 54.6 Å². The molecule has 2 atom stereocenters. The molecule has 0 saturated heterocycles. The smallest absolute Gasteiger partial charge is 0.315 e. The van der Waals surface area contributed by atoms with E-state index in [1.54, 1.807) is 0 Å². The highest BCUT2D eigenvalue weighted by atomic mass is 79.9. The Morgan fingerprint density at radius 2 is 1.81 bits per heavy atom. The van der Waals surface area contributed by atoms with Crippen molar-refractivity contribution in [1.29, 1.82) is 0 Å². The lowest BCUT2D eigenvalue weighted by molar-refractivity contribution is -0.139. The van der Waals surface area contributed by atoms with Gasteiger partial charge in [-0.3, -0.25) is 4.79 Å². The molecule has 0 aliphatic heterocycles. The van der Waals surface area contributed by atoms with Gasteiger partial charge in [-0.1, -0.05) is 58.4 Å². The third-order valence-electron chi connectivity index (χ3n) is 3.88. The van der Waals surface area contributed by atoms with Gasteiger partial charge in [0, 0.05) is 4.83 Å². The standard InChI is InChI=1S/C17H15BrO3/c18-15-10-17(15,16(19)20)13-6-8-14(9-7-13)21-11-12-4-2-1-3-5-12/h1-9,15H,10-11H2,(H,19,20). The van der Waals surface area contributed by atoms with Gasteiger partial charge in [-0.2, -0.15) is 0 Å². The van der Waals surface area contributed by atoms with Crippen LogP contribution in [0.3, 0.4) is 0 Å². The SMILES string of the molecule is O=C(O)C1(c2ccc(OCc3ccccc3)cc2)CC1Br. The number of benzene rings is 2. The molecule has 0 spiro atoms. The number of halogens is 1. The fourth-order valence-corrected chi connectivity index (χ4v) is 3.43. The van der Waals surface area contributed by atoms with Crippen LogP contribution >= 0.6 is 15.9 Å². The van der Waals surface area contributed by atoms with Gasteiger partial charge in [-0.05, 0) is 29.7 Å². The lowest BCUT2D eigenvalue weighted by Crippen LogP contribution is -2.22. The topological polar surface area (TPSA) is 46.5 Å². The Labute approximate surface area is 131 Å². The summed E-state index contributed by atoms with van der Waals surface area (Å²) < 4.78 is 5.71. The van der Waals surface area contributed by atoms with E-state index in [1.807, 2.05) is 54.6 Å². The molecule has 2 unspecified atom stereocenters. The number of carbonyl (C=O) groups is 1. The summed E-state index contributed by atoms with van der Waals surface area (Å²) in [6.45, 7) is 0.505. The van der Waals surface area contributed by atoms with Gasteiger partial charge < -0.3 is 9.84 Å². The largest absolute Gasteiger partial charge is 0.489 e. The van der Waals surface area contributed by atoms with Gasteiger partial charge in [-0.15, -0.1) is 0 Å². The first kappa shape index (κ1) is 14.1. The maximum atomic E-state index is 11.4. The van der Waals surface area contributed by atoms with Crippen LogP contribution in [-0.2, 0) is 16.8 Å². The predicted molar refractivity (Wildman–Crippen MR) is 83.9 cm³/mol. The van der Waals surface area contributed by atoms with Gasteiger partial charge in [-0.25, -0.2) is 0 Å². The normalized spacial score (nSPS) is 23.6. The number of aliphatic carboxylic acids is 1. The first-order valence-corrected chi connectivity index (χ1v) is 7.69. The molecule has 1 aliphatic carbocycles. The van der Waals surface area contributed by atoms with Crippen molar-refractivity contribution in [2.24, 2.45) is 0 Å². The second-order valence-corrected chi connectivity index (χ2v) is 6.35. The lowest BCUT2D eigenvalue weighted by Gasteiger charge is -2.12. The van der Waals surface area contributed by atoms with E-state index in [4.69, 9.17) is 4.74 Å². The molecule has 0 amide bonds. The van der Waals surface area contributed by atoms with E-state index in [2.05, 4.69) is 15.9 Å². The number of rotatable bonds is 5. The number of carboxylic acid groups (broad SMARTS) is 1. The molecule has 1 saturated carbocycles. The van der Waals surface area contributed by atoms with Crippen LogP contribution in [0.4, 0.5) is 0 Å². The summed E-state index contributed by atoms with van der Waals surface area (Å²) in [5.74, 6) is -0.0303. The monoisotopic (exact) mass is 346 g/mol. The fourth-order valence-electron chi connectivity index (χ4n) is 2.46. The van der Waals surface area contributed by atoms with Crippen LogP contribution < -0.4 is 4.74 Å². The molecule has 1 aliphatic rings. The second kappa shape index (κ2) is 5.53. The number of carboxylic acids is 1. The Bertz CT molecular complexity index is 639. The van der Waals surface area contributed by atoms with Crippen molar-refractivity contribution in [3.63, 3.8) is 0 Å². The summed E-state index contributed by atoms with van der Waals surface area (Å²) in [6.07, 6.45) is 0.632. The van der Waals surface area contributed by atoms with Crippen LogP contribution in [0.2, 0.25) is 0 Å². The van der Waals surface area contributed by atoms with Crippen molar-refractivity contribution in [2.45, 2.75) is 23.3 Å². The Balaban J connectivity index is 1.69. The zero-order valence-corrected chi connectivity index (χ0v) is 12.9. The summed E-state index contributed by atoms with van der Waals surface area (Å²) >= 11 is 3.41. The summed E-state index contributed by atoms with van der Waals surface area (Å²) in [6, 6.07) is 17.3. The van der Waals surface area contributed by atoms with Crippen molar-refractivity contribution in [3.05, 3.63) is 65.7 Å². The van der Waals surface area contributed by atoms with E-state index >= 15 is 0 Å². The predicted octanol–water partition coefficient (Wildman–Crippen LogP) is 3.76. The molecule has 1 N–H and O–H groups in total. The molecule has 1 fully saturated rings. The second-order valence-electron chi connectivity index (χ2n) is 5.25. The molecule has 3 rings (SSSR count). The Kier molecular flexibility index (Phi) is 3.72. The zero-order valence-electron chi connectivity index (χ0n) is 11.3. The quantitative estimate of drug-likeness (QED) is 0.838. The van der Waals surface area contributed by atoms with Gasteiger partial charge in [0.05, 0.1) is 0 Å². The van der Waals surface area contributed by atoms with Crippen molar-refractivity contribution < 1.29 is 14.6 Å². The molecular weight excluding hydrogens is 332 g/mol. The average molecular weight is 347 g/mol. The lowest BCUT2D eigenvalue weighted by atomic mass is 9.96. The van der Waals surface area contributed by atoms with Crippen molar-refractivity contribution in [2.75, 3.05) is 0 Å². The molecule has 0 heterocycles.